The van der Waals surface area contributed by atoms with Crippen molar-refractivity contribution in [2.45, 2.75) is 70.9 Å². The first kappa shape index (κ1) is 36.6. The van der Waals surface area contributed by atoms with E-state index in [1.165, 1.54) is 43.5 Å². The van der Waals surface area contributed by atoms with Crippen molar-refractivity contribution < 1.29 is 42.9 Å². The summed E-state index contributed by atoms with van der Waals surface area (Å²) in [5.41, 5.74) is -2.75. The van der Waals surface area contributed by atoms with Gasteiger partial charge in [0, 0.05) is 42.3 Å². The molecule has 3 unspecified atom stereocenters. The van der Waals surface area contributed by atoms with Crippen LogP contribution in [0.25, 0.3) is 11.3 Å². The average molecular weight is 733 g/mol. The maximum absolute atomic E-state index is 13.9. The number of hydrogen-bond donors (Lipinski definition) is 1. The summed E-state index contributed by atoms with van der Waals surface area (Å²) in [6, 6.07) is 21.5. The minimum absolute atomic E-state index is 0.0662. The number of rotatable bonds is 7. The summed E-state index contributed by atoms with van der Waals surface area (Å²) in [5, 5.41) is 21.8. The summed E-state index contributed by atoms with van der Waals surface area (Å²) in [6.45, 7) is 6.79. The Hall–Kier alpha value is -5.80. The summed E-state index contributed by atoms with van der Waals surface area (Å²) in [7, 11) is 0. The zero-order chi connectivity index (χ0) is 38.4. The Morgan fingerprint density at radius 1 is 0.963 bits per heavy atom. The topological polar surface area (TPSA) is 175 Å². The zero-order valence-corrected chi connectivity index (χ0v) is 30.3. The molecule has 12 nitrogen and oxygen atoms in total. The van der Waals surface area contributed by atoms with Crippen molar-refractivity contribution in [3.63, 3.8) is 0 Å². The molecule has 2 aromatic carbocycles. The van der Waals surface area contributed by atoms with E-state index < -0.39 is 70.1 Å². The van der Waals surface area contributed by atoms with Crippen LogP contribution in [0.5, 0.6) is 5.75 Å². The van der Waals surface area contributed by atoms with Crippen LogP contribution in [-0.4, -0.2) is 52.4 Å². The van der Waals surface area contributed by atoms with Crippen LogP contribution in [0, 0.1) is 34.0 Å². The Bertz CT molecular complexity index is 2180. The van der Waals surface area contributed by atoms with Gasteiger partial charge < -0.3 is 28.5 Å². The van der Waals surface area contributed by atoms with Crippen LogP contribution in [0.2, 0.25) is 0 Å². The average Bonchev–Trinajstić information content (AvgIpc) is 3.16. The molecule has 0 radical (unpaired) electrons. The van der Waals surface area contributed by atoms with Gasteiger partial charge in [0.2, 0.25) is 0 Å². The molecule has 3 heterocycles. The lowest BCUT2D eigenvalue weighted by atomic mass is 9.42. The first-order chi connectivity index (χ1) is 25.8. The quantitative estimate of drug-likeness (QED) is 0.168. The highest BCUT2D eigenvalue weighted by atomic mass is 16.6. The molecule has 0 bridgehead atoms. The molecule has 2 saturated carbocycles. The fraction of sp³-hybridized carbons (Fsp3) is 0.381. The zero-order valence-electron chi connectivity index (χ0n) is 30.3. The predicted octanol–water partition coefficient (Wildman–Crippen LogP) is 6.21. The first-order valence-electron chi connectivity index (χ1n) is 17.8. The van der Waals surface area contributed by atoms with Crippen LogP contribution in [0.3, 0.4) is 0 Å². The van der Waals surface area contributed by atoms with Gasteiger partial charge in [0.1, 0.15) is 41.5 Å². The molecule has 1 aliphatic heterocycles. The van der Waals surface area contributed by atoms with E-state index in [0.29, 0.717) is 29.5 Å². The van der Waals surface area contributed by atoms with Gasteiger partial charge in [-0.15, -0.1) is 0 Å². The van der Waals surface area contributed by atoms with Crippen LogP contribution < -0.4 is 10.4 Å². The van der Waals surface area contributed by atoms with Gasteiger partial charge in [-0.3, -0.25) is 9.78 Å². The summed E-state index contributed by atoms with van der Waals surface area (Å²) < 4.78 is 30.8. The molecule has 12 heteroatoms. The second-order valence-corrected chi connectivity index (χ2v) is 15.1. The van der Waals surface area contributed by atoms with Crippen molar-refractivity contribution in [2.24, 2.45) is 22.7 Å². The normalized spacial score (nSPS) is 29.5. The molecule has 2 aliphatic carbocycles. The number of aliphatic hydroxyl groups is 1. The lowest BCUT2D eigenvalue weighted by Crippen LogP contribution is -2.71. The summed E-state index contributed by atoms with van der Waals surface area (Å²) in [4.78, 5) is 57.6. The SMILES string of the molecule is CC(=O)O[C@H]1CC[C@@]2(C)C(C[C@H](OC(=O)c3ccc(C#N)cc3)[C@@]3(C)Oc4cc(-c5cccnc5)oc(=O)c4C(O)C23)[C@]1(C)COC(=O)c1ccccc1. The molecule has 4 aromatic rings. The van der Waals surface area contributed by atoms with E-state index in [9.17, 15) is 29.5 Å². The van der Waals surface area contributed by atoms with E-state index in [1.54, 1.807) is 55.6 Å². The molecule has 278 valence electrons. The molecule has 3 aliphatic rings. The number of carbonyl (C=O) groups excluding carboxylic acids is 3. The van der Waals surface area contributed by atoms with E-state index in [0.717, 1.165) is 0 Å². The number of carbonyl (C=O) groups is 3. The molecule has 2 fully saturated rings. The Kier molecular flexibility index (Phi) is 9.39. The van der Waals surface area contributed by atoms with Crippen molar-refractivity contribution in [3.8, 4) is 23.1 Å². The van der Waals surface area contributed by atoms with E-state index in [1.807, 2.05) is 19.9 Å². The highest BCUT2D eigenvalue weighted by Crippen LogP contribution is 2.67. The Morgan fingerprint density at radius 2 is 1.69 bits per heavy atom. The first-order valence-corrected chi connectivity index (χ1v) is 17.8. The molecule has 2 aromatic heterocycles. The van der Waals surface area contributed by atoms with Gasteiger partial charge in [-0.05, 0) is 86.1 Å². The van der Waals surface area contributed by atoms with Crippen molar-refractivity contribution in [1.82, 2.24) is 4.98 Å². The van der Waals surface area contributed by atoms with Crippen LogP contribution in [0.4, 0.5) is 0 Å². The van der Waals surface area contributed by atoms with E-state index in [-0.39, 0.29) is 35.7 Å². The van der Waals surface area contributed by atoms with Gasteiger partial charge in [-0.1, -0.05) is 32.0 Å². The van der Waals surface area contributed by atoms with Crippen LogP contribution in [0.1, 0.15) is 84.9 Å². The monoisotopic (exact) mass is 732 g/mol. The number of benzene rings is 2. The smallest absolute Gasteiger partial charge is 0.345 e. The Balaban J connectivity index is 1.34. The molecular formula is C42H40N2O10. The predicted molar refractivity (Wildman–Crippen MR) is 192 cm³/mol. The molecule has 0 amide bonds. The summed E-state index contributed by atoms with van der Waals surface area (Å²) in [5.74, 6) is -2.88. The number of esters is 3. The number of aromatic nitrogens is 1. The molecule has 0 saturated heterocycles. The van der Waals surface area contributed by atoms with Gasteiger partial charge in [0.05, 0.1) is 28.9 Å². The lowest BCUT2D eigenvalue weighted by molar-refractivity contribution is -0.265. The van der Waals surface area contributed by atoms with Crippen molar-refractivity contribution >= 4 is 17.9 Å². The molecule has 8 atom stereocenters. The Morgan fingerprint density at radius 3 is 2.35 bits per heavy atom. The van der Waals surface area contributed by atoms with Crippen molar-refractivity contribution in [3.05, 3.63) is 118 Å². The Labute approximate surface area is 311 Å². The van der Waals surface area contributed by atoms with E-state index in [2.05, 4.69) is 4.98 Å². The number of nitriles is 1. The molecule has 54 heavy (non-hydrogen) atoms. The van der Waals surface area contributed by atoms with E-state index in [4.69, 9.17) is 23.4 Å². The lowest BCUT2D eigenvalue weighted by Gasteiger charge is -2.66. The largest absolute Gasteiger partial charge is 0.482 e. The molecule has 7 rings (SSSR count). The van der Waals surface area contributed by atoms with Gasteiger partial charge in [-0.25, -0.2) is 14.4 Å². The number of aliphatic hydroxyl groups excluding tert-OH is 1. The minimum atomic E-state index is -1.44. The molecule has 0 spiro atoms. The number of pyridine rings is 1. The fourth-order valence-corrected chi connectivity index (χ4v) is 9.34. The number of ether oxygens (including phenoxy) is 4. The standard InChI is InChI=1S/C42H40N2O10/c1-24(45)51-32-16-17-40(2)31(41(32,3)23-50-37(47)26-9-6-5-7-10-26)20-33(53-38(48)27-14-12-25(21-43)13-15-27)42(4)36(40)35(46)34-30(54-42)19-29(52-39(34)49)28-11-8-18-44-22-28/h5-15,18-19,22,31-33,35-36,46H,16-17,20,23H2,1-4H3/t31?,32-,33-,35?,36?,40-,41-,42+/m0/s1. The van der Waals surface area contributed by atoms with Gasteiger partial charge >= 0.3 is 23.5 Å². The van der Waals surface area contributed by atoms with Gasteiger partial charge in [-0.2, -0.15) is 5.26 Å². The third kappa shape index (κ3) is 6.22. The third-order valence-electron chi connectivity index (χ3n) is 11.9. The van der Waals surface area contributed by atoms with Gasteiger partial charge in [0.15, 0.2) is 0 Å². The van der Waals surface area contributed by atoms with Gasteiger partial charge in [0.25, 0.3) is 0 Å². The maximum atomic E-state index is 13.9. The maximum Gasteiger partial charge on any atom is 0.345 e. The van der Waals surface area contributed by atoms with Crippen molar-refractivity contribution in [2.75, 3.05) is 6.61 Å². The second kappa shape index (κ2) is 13.9. The number of hydrogen-bond acceptors (Lipinski definition) is 12. The molecular weight excluding hydrogens is 692 g/mol. The van der Waals surface area contributed by atoms with Crippen LogP contribution in [0.15, 0.2) is 94.4 Å². The third-order valence-corrected chi connectivity index (χ3v) is 11.9. The summed E-state index contributed by atoms with van der Waals surface area (Å²) >= 11 is 0. The number of nitrogens with zero attached hydrogens (tertiary/aromatic N) is 2. The van der Waals surface area contributed by atoms with Crippen LogP contribution >= 0.6 is 0 Å². The fourth-order valence-electron chi connectivity index (χ4n) is 9.34. The number of fused-ring (bicyclic) bond motifs is 4. The van der Waals surface area contributed by atoms with Crippen LogP contribution in [-0.2, 0) is 19.0 Å². The highest BCUT2D eigenvalue weighted by molar-refractivity contribution is 5.90. The summed E-state index contributed by atoms with van der Waals surface area (Å²) in [6.07, 6.45) is 0.856. The van der Waals surface area contributed by atoms with Crippen molar-refractivity contribution in [1.29, 1.82) is 5.26 Å². The molecule has 1 N–H and O–H groups in total. The highest BCUT2D eigenvalue weighted by Gasteiger charge is 2.71. The second-order valence-electron chi connectivity index (χ2n) is 15.1. The minimum Gasteiger partial charge on any atom is -0.482 e. The van der Waals surface area contributed by atoms with E-state index >= 15 is 0 Å².